The van der Waals surface area contributed by atoms with Crippen molar-refractivity contribution in [2.24, 2.45) is 0 Å². The van der Waals surface area contributed by atoms with Gasteiger partial charge in [-0.3, -0.25) is 4.90 Å². The molecule has 0 unspecified atom stereocenters. The van der Waals surface area contributed by atoms with E-state index in [4.69, 9.17) is 10.1 Å². The molecule has 0 amide bonds. The minimum atomic E-state index is -0.901. The van der Waals surface area contributed by atoms with Gasteiger partial charge in [-0.05, 0) is 17.7 Å². The van der Waals surface area contributed by atoms with Crippen molar-refractivity contribution in [2.75, 3.05) is 6.54 Å². The average Bonchev–Trinajstić information content (AvgIpc) is 3.06. The van der Waals surface area contributed by atoms with Crippen LogP contribution in [0.25, 0.3) is 10.6 Å². The molecule has 0 saturated heterocycles. The zero-order chi connectivity index (χ0) is 17.2. The van der Waals surface area contributed by atoms with Crippen LogP contribution in [0.5, 0.6) is 0 Å². The SMILES string of the molecule is O=C(O)c1ccc(-c2nc3c(s2)CN(Cc2ccccc2)CC3)cc1. The fraction of sp³-hybridized carbons (Fsp3) is 0.200. The molecule has 4 nitrogen and oxygen atoms in total. The Labute approximate surface area is 150 Å². The van der Waals surface area contributed by atoms with Crippen LogP contribution >= 0.6 is 11.3 Å². The van der Waals surface area contributed by atoms with Gasteiger partial charge in [0, 0.05) is 36.5 Å². The van der Waals surface area contributed by atoms with Crippen molar-refractivity contribution in [3.8, 4) is 10.6 Å². The highest BCUT2D eigenvalue weighted by atomic mass is 32.1. The quantitative estimate of drug-likeness (QED) is 0.771. The molecule has 0 bridgehead atoms. The van der Waals surface area contributed by atoms with Crippen LogP contribution in [0.4, 0.5) is 0 Å². The molecule has 0 radical (unpaired) electrons. The summed E-state index contributed by atoms with van der Waals surface area (Å²) in [7, 11) is 0. The van der Waals surface area contributed by atoms with Crippen LogP contribution in [0.2, 0.25) is 0 Å². The Balaban J connectivity index is 1.51. The second kappa shape index (κ2) is 6.78. The number of aromatic nitrogens is 1. The van der Waals surface area contributed by atoms with Crippen LogP contribution in [0.15, 0.2) is 54.6 Å². The highest BCUT2D eigenvalue weighted by Crippen LogP contribution is 2.32. The zero-order valence-corrected chi connectivity index (χ0v) is 14.5. The molecule has 0 saturated carbocycles. The molecule has 3 aromatic rings. The van der Waals surface area contributed by atoms with E-state index < -0.39 is 5.97 Å². The first-order valence-electron chi connectivity index (χ1n) is 8.27. The van der Waals surface area contributed by atoms with Crippen molar-refractivity contribution in [3.63, 3.8) is 0 Å². The molecule has 1 aliphatic heterocycles. The smallest absolute Gasteiger partial charge is 0.335 e. The van der Waals surface area contributed by atoms with E-state index in [2.05, 4.69) is 29.2 Å². The van der Waals surface area contributed by atoms with Crippen molar-refractivity contribution >= 4 is 17.3 Å². The Morgan fingerprint density at radius 3 is 2.60 bits per heavy atom. The summed E-state index contributed by atoms with van der Waals surface area (Å²) in [4.78, 5) is 19.5. The average molecular weight is 350 g/mol. The third kappa shape index (κ3) is 3.48. The molecule has 4 rings (SSSR count). The third-order valence-electron chi connectivity index (χ3n) is 4.44. The number of carboxylic acid groups (broad SMARTS) is 1. The minimum Gasteiger partial charge on any atom is -0.478 e. The van der Waals surface area contributed by atoms with Gasteiger partial charge in [-0.25, -0.2) is 9.78 Å². The van der Waals surface area contributed by atoms with E-state index in [1.54, 1.807) is 23.5 Å². The molecule has 0 spiro atoms. The van der Waals surface area contributed by atoms with Crippen molar-refractivity contribution in [1.29, 1.82) is 0 Å². The molecule has 0 aliphatic carbocycles. The maximum atomic E-state index is 11.0. The molecular formula is C20H18N2O2S. The van der Waals surface area contributed by atoms with E-state index in [9.17, 15) is 4.79 Å². The molecule has 1 aliphatic rings. The van der Waals surface area contributed by atoms with Crippen LogP contribution in [-0.4, -0.2) is 27.5 Å². The summed E-state index contributed by atoms with van der Waals surface area (Å²) >= 11 is 1.72. The van der Waals surface area contributed by atoms with E-state index in [1.807, 2.05) is 18.2 Å². The lowest BCUT2D eigenvalue weighted by atomic mass is 10.1. The van der Waals surface area contributed by atoms with Crippen LogP contribution in [0.3, 0.4) is 0 Å². The number of hydrogen-bond acceptors (Lipinski definition) is 4. The first-order chi connectivity index (χ1) is 12.2. The van der Waals surface area contributed by atoms with Gasteiger partial charge in [0.05, 0.1) is 11.3 Å². The highest BCUT2D eigenvalue weighted by molar-refractivity contribution is 7.15. The molecule has 25 heavy (non-hydrogen) atoms. The van der Waals surface area contributed by atoms with Crippen molar-refractivity contribution < 1.29 is 9.90 Å². The largest absolute Gasteiger partial charge is 0.478 e. The van der Waals surface area contributed by atoms with Crippen molar-refractivity contribution in [2.45, 2.75) is 19.5 Å². The molecule has 2 heterocycles. The number of thiazole rings is 1. The molecule has 0 fully saturated rings. The van der Waals surface area contributed by atoms with E-state index in [0.29, 0.717) is 5.56 Å². The van der Waals surface area contributed by atoms with Crippen LogP contribution < -0.4 is 0 Å². The normalized spacial score (nSPS) is 14.2. The molecule has 126 valence electrons. The molecule has 5 heteroatoms. The lowest BCUT2D eigenvalue weighted by Crippen LogP contribution is -2.29. The van der Waals surface area contributed by atoms with Crippen molar-refractivity contribution in [3.05, 3.63) is 76.3 Å². The standard InChI is InChI=1S/C20H18N2O2S/c23-20(24)16-8-6-15(7-9-16)19-21-17-10-11-22(13-18(17)25-19)12-14-4-2-1-3-5-14/h1-9H,10-13H2,(H,23,24). The Kier molecular flexibility index (Phi) is 4.34. The van der Waals surface area contributed by atoms with Crippen LogP contribution in [0.1, 0.15) is 26.5 Å². The summed E-state index contributed by atoms with van der Waals surface area (Å²) in [6.07, 6.45) is 0.964. The predicted octanol–water partition coefficient (Wildman–Crippen LogP) is 4.07. The second-order valence-corrected chi connectivity index (χ2v) is 7.30. The molecule has 1 N–H and O–H groups in total. The maximum absolute atomic E-state index is 11.0. The van der Waals surface area contributed by atoms with Gasteiger partial charge in [-0.2, -0.15) is 0 Å². The van der Waals surface area contributed by atoms with E-state index >= 15 is 0 Å². The van der Waals surface area contributed by atoms with Gasteiger partial charge in [0.15, 0.2) is 0 Å². The minimum absolute atomic E-state index is 0.305. The Bertz CT molecular complexity index is 888. The van der Waals surface area contributed by atoms with E-state index in [1.165, 1.54) is 16.1 Å². The van der Waals surface area contributed by atoms with Gasteiger partial charge in [0.2, 0.25) is 0 Å². The molecule has 1 aromatic heterocycles. The van der Waals surface area contributed by atoms with Gasteiger partial charge in [0.25, 0.3) is 0 Å². The second-order valence-electron chi connectivity index (χ2n) is 6.22. The summed E-state index contributed by atoms with van der Waals surface area (Å²) in [5.74, 6) is -0.901. The number of aromatic carboxylic acids is 1. The Morgan fingerprint density at radius 2 is 1.88 bits per heavy atom. The molecule has 0 atom stereocenters. The van der Waals surface area contributed by atoms with Gasteiger partial charge >= 0.3 is 5.97 Å². The summed E-state index contributed by atoms with van der Waals surface area (Å²) in [5, 5.41) is 9.99. The van der Waals surface area contributed by atoms with Crippen molar-refractivity contribution in [1.82, 2.24) is 9.88 Å². The lowest BCUT2D eigenvalue weighted by Gasteiger charge is -2.25. The first kappa shape index (κ1) is 16.0. The van der Waals surface area contributed by atoms with Gasteiger partial charge in [-0.1, -0.05) is 42.5 Å². The summed E-state index contributed by atoms with van der Waals surface area (Å²) in [6.45, 7) is 2.90. The van der Waals surface area contributed by atoms with E-state index in [-0.39, 0.29) is 0 Å². The summed E-state index contributed by atoms with van der Waals surface area (Å²) in [6, 6.07) is 17.5. The molecule has 2 aromatic carbocycles. The fourth-order valence-electron chi connectivity index (χ4n) is 3.10. The predicted molar refractivity (Wildman–Crippen MR) is 98.8 cm³/mol. The van der Waals surface area contributed by atoms with Gasteiger partial charge < -0.3 is 5.11 Å². The number of hydrogen-bond donors (Lipinski definition) is 1. The van der Waals surface area contributed by atoms with Crippen LogP contribution in [-0.2, 0) is 19.5 Å². The van der Waals surface area contributed by atoms with Gasteiger partial charge in [0.1, 0.15) is 5.01 Å². The number of carbonyl (C=O) groups is 1. The highest BCUT2D eigenvalue weighted by Gasteiger charge is 2.21. The number of benzene rings is 2. The summed E-state index contributed by atoms with van der Waals surface area (Å²) in [5.41, 5.74) is 3.81. The summed E-state index contributed by atoms with van der Waals surface area (Å²) < 4.78 is 0. The number of nitrogens with zero attached hydrogens (tertiary/aromatic N) is 2. The van der Waals surface area contributed by atoms with Crippen LogP contribution in [0, 0.1) is 0 Å². The van der Waals surface area contributed by atoms with E-state index in [0.717, 1.165) is 36.6 Å². The Hall–Kier alpha value is -2.50. The lowest BCUT2D eigenvalue weighted by molar-refractivity contribution is 0.0697. The zero-order valence-electron chi connectivity index (χ0n) is 13.7. The monoisotopic (exact) mass is 350 g/mol. The van der Waals surface area contributed by atoms with Gasteiger partial charge in [-0.15, -0.1) is 11.3 Å². The maximum Gasteiger partial charge on any atom is 0.335 e. The fourth-order valence-corrected chi connectivity index (χ4v) is 4.26. The third-order valence-corrected chi connectivity index (χ3v) is 5.57. The number of rotatable bonds is 4. The number of fused-ring (bicyclic) bond motifs is 1. The Morgan fingerprint density at radius 1 is 1.12 bits per heavy atom. The first-order valence-corrected chi connectivity index (χ1v) is 9.09. The topological polar surface area (TPSA) is 53.4 Å². The molecular weight excluding hydrogens is 332 g/mol. The number of carboxylic acids is 1.